The molecule has 0 radical (unpaired) electrons. The van der Waals surface area contributed by atoms with Gasteiger partial charge in [0.1, 0.15) is 0 Å². The molecule has 122 valence electrons. The zero-order chi connectivity index (χ0) is 15.7. The molecule has 0 unspecified atom stereocenters. The molecule has 2 nitrogen and oxygen atoms in total. The van der Waals surface area contributed by atoms with Crippen LogP contribution < -0.4 is 3.71 Å². The third kappa shape index (κ3) is 5.22. The third-order valence-electron chi connectivity index (χ3n) is 4.45. The fraction of sp³-hybridized carbons (Fsp3) is 0.812. The van der Waals surface area contributed by atoms with Crippen molar-refractivity contribution in [2.75, 3.05) is 0 Å². The second-order valence-electron chi connectivity index (χ2n) is 6.05. The van der Waals surface area contributed by atoms with Crippen molar-refractivity contribution in [3.8, 4) is 0 Å². The summed E-state index contributed by atoms with van der Waals surface area (Å²) < 4.78 is 32.4. The second kappa shape index (κ2) is 9.80. The first kappa shape index (κ1) is 18.9. The Morgan fingerprint density at radius 1 is 1.00 bits per heavy atom. The van der Waals surface area contributed by atoms with Crippen molar-refractivity contribution in [3.05, 3.63) is 12.5 Å². The molecule has 21 heavy (non-hydrogen) atoms. The van der Waals surface area contributed by atoms with Crippen LogP contribution in [0.2, 0.25) is 13.3 Å². The topological polar surface area (TPSA) is 17.8 Å². The van der Waals surface area contributed by atoms with Gasteiger partial charge in [-0.05, 0) is 0 Å². The van der Waals surface area contributed by atoms with Gasteiger partial charge in [0.05, 0.1) is 0 Å². The molecule has 0 atom stereocenters. The summed E-state index contributed by atoms with van der Waals surface area (Å²) in [6.07, 6.45) is 10.1. The molecule has 0 aliphatic carbocycles. The first-order chi connectivity index (χ1) is 10.1. The molecule has 1 aromatic rings. The van der Waals surface area contributed by atoms with Crippen molar-refractivity contribution in [1.82, 2.24) is 9.55 Å². The zero-order valence-electron chi connectivity index (χ0n) is 13.7. The molecule has 0 spiro atoms. The standard InChI is InChI=1S/C4H3F2N2.3C4H9.Sn/c5-4(6)8-2-1-7-3-8;3*1-3-4-2;/h1,3-4H;3*1,3-4H2,2H3;. The van der Waals surface area contributed by atoms with E-state index in [4.69, 9.17) is 0 Å². The molecule has 1 aromatic heterocycles. The van der Waals surface area contributed by atoms with E-state index in [1.54, 1.807) is 6.20 Å². The van der Waals surface area contributed by atoms with Gasteiger partial charge in [-0.2, -0.15) is 0 Å². The Labute approximate surface area is 132 Å². The predicted octanol–water partition coefficient (Wildman–Crippen LogP) is 5.33. The summed E-state index contributed by atoms with van der Waals surface area (Å²) >= 11 is -2.76. The van der Waals surface area contributed by atoms with Crippen LogP contribution in [0.25, 0.3) is 0 Å². The number of nitrogens with zero attached hydrogens (tertiary/aromatic N) is 2. The van der Waals surface area contributed by atoms with Crippen molar-refractivity contribution in [1.29, 1.82) is 0 Å². The van der Waals surface area contributed by atoms with Gasteiger partial charge in [0.15, 0.2) is 0 Å². The van der Waals surface area contributed by atoms with Crippen LogP contribution in [0, 0.1) is 0 Å². The molecule has 0 saturated carbocycles. The van der Waals surface area contributed by atoms with Gasteiger partial charge in [0.25, 0.3) is 0 Å². The molecular formula is C16H30F2N2Sn. The molecule has 0 aliphatic heterocycles. The number of halogens is 2. The van der Waals surface area contributed by atoms with Crippen LogP contribution in [0.3, 0.4) is 0 Å². The number of aromatic nitrogens is 2. The van der Waals surface area contributed by atoms with Gasteiger partial charge in [-0.15, -0.1) is 0 Å². The summed E-state index contributed by atoms with van der Waals surface area (Å²) in [6, 6.07) is 0. The SMILES string of the molecule is CCC[CH2][Sn]([CH2]CCC)([CH2]CCC)[c]1cncn1C(F)F. The van der Waals surface area contributed by atoms with Crippen LogP contribution in [0.5, 0.6) is 0 Å². The van der Waals surface area contributed by atoms with E-state index in [2.05, 4.69) is 25.8 Å². The molecular weight excluding hydrogens is 377 g/mol. The van der Waals surface area contributed by atoms with E-state index >= 15 is 0 Å². The maximum absolute atomic E-state index is 13.3. The Balaban J connectivity index is 3.13. The van der Waals surface area contributed by atoms with Gasteiger partial charge < -0.3 is 0 Å². The van der Waals surface area contributed by atoms with Crippen LogP contribution in [0.15, 0.2) is 12.5 Å². The molecule has 0 saturated heterocycles. The van der Waals surface area contributed by atoms with Crippen LogP contribution in [0.1, 0.15) is 65.8 Å². The summed E-state index contributed by atoms with van der Waals surface area (Å²) in [5, 5.41) is 0. The van der Waals surface area contributed by atoms with E-state index in [0.717, 1.165) is 23.0 Å². The van der Waals surface area contributed by atoms with E-state index in [-0.39, 0.29) is 0 Å². The number of hydrogen-bond acceptors (Lipinski definition) is 1. The Morgan fingerprint density at radius 2 is 1.48 bits per heavy atom. The first-order valence-electron chi connectivity index (χ1n) is 8.41. The molecule has 0 N–H and O–H groups in total. The monoisotopic (exact) mass is 408 g/mol. The van der Waals surface area contributed by atoms with E-state index < -0.39 is 24.9 Å². The summed E-state index contributed by atoms with van der Waals surface area (Å²) in [4.78, 5) is 4.07. The average Bonchev–Trinajstić information content (AvgIpc) is 2.97. The minimum absolute atomic E-state index is 0.953. The minimum atomic E-state index is -2.76. The summed E-state index contributed by atoms with van der Waals surface area (Å²) in [5.74, 6) is 0. The van der Waals surface area contributed by atoms with Crippen LogP contribution in [-0.2, 0) is 0 Å². The Morgan fingerprint density at radius 3 is 1.86 bits per heavy atom. The van der Waals surface area contributed by atoms with Crippen molar-refractivity contribution in [2.24, 2.45) is 0 Å². The summed E-state index contributed by atoms with van der Waals surface area (Å²) in [6.45, 7) is 4.14. The first-order valence-corrected chi connectivity index (χ1v) is 15.9. The maximum atomic E-state index is 13.3. The number of hydrogen-bond donors (Lipinski definition) is 0. The molecule has 5 heteroatoms. The van der Waals surface area contributed by atoms with Crippen LogP contribution in [-0.4, -0.2) is 27.9 Å². The Hall–Kier alpha value is -0.131. The van der Waals surface area contributed by atoms with E-state index in [1.165, 1.54) is 43.5 Å². The van der Waals surface area contributed by atoms with Gasteiger partial charge >= 0.3 is 132 Å². The third-order valence-corrected chi connectivity index (χ3v) is 19.9. The number of alkyl halides is 2. The van der Waals surface area contributed by atoms with Gasteiger partial charge in [-0.1, -0.05) is 0 Å². The molecule has 0 amide bonds. The predicted molar refractivity (Wildman–Crippen MR) is 88.0 cm³/mol. The molecule has 1 rings (SSSR count). The summed E-state index contributed by atoms with van der Waals surface area (Å²) in [7, 11) is 0. The summed E-state index contributed by atoms with van der Waals surface area (Å²) in [5.41, 5.74) is 0. The number of unbranched alkanes of at least 4 members (excludes halogenated alkanes) is 3. The molecule has 0 aliphatic rings. The number of rotatable bonds is 11. The van der Waals surface area contributed by atoms with Crippen molar-refractivity contribution < 1.29 is 8.78 Å². The Kier molecular flexibility index (Phi) is 8.83. The normalized spacial score (nSPS) is 12.3. The van der Waals surface area contributed by atoms with E-state index in [0.29, 0.717) is 0 Å². The molecule has 0 aromatic carbocycles. The van der Waals surface area contributed by atoms with Crippen LogP contribution >= 0.6 is 0 Å². The molecule has 0 bridgehead atoms. The fourth-order valence-corrected chi connectivity index (χ4v) is 19.3. The van der Waals surface area contributed by atoms with Crippen molar-refractivity contribution in [3.63, 3.8) is 0 Å². The Bertz CT molecular complexity index is 372. The second-order valence-corrected chi connectivity index (χ2v) is 19.1. The average molecular weight is 407 g/mol. The molecule has 1 heterocycles. The van der Waals surface area contributed by atoms with Crippen molar-refractivity contribution >= 4 is 22.1 Å². The van der Waals surface area contributed by atoms with Crippen LogP contribution in [0.4, 0.5) is 8.78 Å². The van der Waals surface area contributed by atoms with Gasteiger partial charge in [-0.25, -0.2) is 0 Å². The van der Waals surface area contributed by atoms with Gasteiger partial charge in [0.2, 0.25) is 0 Å². The zero-order valence-corrected chi connectivity index (χ0v) is 16.6. The van der Waals surface area contributed by atoms with Gasteiger partial charge in [-0.3, -0.25) is 0 Å². The van der Waals surface area contributed by atoms with E-state index in [9.17, 15) is 8.78 Å². The number of imidazole rings is 1. The van der Waals surface area contributed by atoms with Gasteiger partial charge in [0, 0.05) is 0 Å². The van der Waals surface area contributed by atoms with E-state index in [1.807, 2.05) is 0 Å². The fourth-order valence-electron chi connectivity index (χ4n) is 3.18. The van der Waals surface area contributed by atoms with Crippen molar-refractivity contribution in [2.45, 2.75) is 79.2 Å². The quantitative estimate of drug-likeness (QED) is 0.454. The molecule has 0 fully saturated rings.